The monoisotopic (exact) mass is 297 g/mol. The topological polar surface area (TPSA) is 73.7 Å². The van der Waals surface area contributed by atoms with Crippen LogP contribution in [-0.2, 0) is 11.2 Å². The van der Waals surface area contributed by atoms with E-state index >= 15 is 0 Å². The Hall–Kier alpha value is -1.47. The van der Waals surface area contributed by atoms with Crippen LogP contribution >= 0.6 is 11.3 Å². The zero-order valence-corrected chi connectivity index (χ0v) is 12.6. The van der Waals surface area contributed by atoms with Gasteiger partial charge in [-0.2, -0.15) is 0 Å². The van der Waals surface area contributed by atoms with Crippen LogP contribution in [0.25, 0.3) is 0 Å². The third kappa shape index (κ3) is 3.55. The lowest BCUT2D eigenvalue weighted by Gasteiger charge is -2.33. The maximum absolute atomic E-state index is 11.2. The summed E-state index contributed by atoms with van der Waals surface area (Å²) in [6.45, 7) is 7.47. The molecular formula is C13H19N3O3S. The molecule has 0 aliphatic carbocycles. The van der Waals surface area contributed by atoms with Crippen LogP contribution in [0, 0.1) is 6.92 Å². The van der Waals surface area contributed by atoms with E-state index in [1.807, 2.05) is 4.90 Å². The van der Waals surface area contributed by atoms with E-state index in [4.69, 9.17) is 5.11 Å². The molecule has 0 radical (unpaired) electrons. The number of aromatic nitrogens is 1. The second-order valence-electron chi connectivity index (χ2n) is 4.92. The normalized spacial score (nSPS) is 16.4. The molecule has 0 bridgehead atoms. The Morgan fingerprint density at radius 1 is 1.30 bits per heavy atom. The predicted molar refractivity (Wildman–Crippen MR) is 76.2 cm³/mol. The van der Waals surface area contributed by atoms with E-state index in [0.29, 0.717) is 10.6 Å². The van der Waals surface area contributed by atoms with Crippen molar-refractivity contribution in [2.24, 2.45) is 0 Å². The molecule has 1 N–H and O–H groups in total. The Bertz CT molecular complexity index is 507. The molecule has 1 aromatic rings. The Labute approximate surface area is 122 Å². The van der Waals surface area contributed by atoms with Gasteiger partial charge in [-0.3, -0.25) is 9.69 Å². The molecule has 1 aliphatic rings. The van der Waals surface area contributed by atoms with Crippen LogP contribution in [0.1, 0.15) is 27.3 Å². The lowest BCUT2D eigenvalue weighted by Crippen LogP contribution is -2.48. The summed E-state index contributed by atoms with van der Waals surface area (Å²) in [5.74, 6) is -0.771. The molecule has 2 rings (SSSR count). The van der Waals surface area contributed by atoms with E-state index in [1.165, 1.54) is 11.3 Å². The van der Waals surface area contributed by atoms with Gasteiger partial charge in [0.15, 0.2) is 0 Å². The molecule has 7 heteroatoms. The highest BCUT2D eigenvalue weighted by atomic mass is 32.1. The number of aromatic carboxylic acids is 1. The Morgan fingerprint density at radius 2 is 1.95 bits per heavy atom. The Kier molecular flexibility index (Phi) is 4.72. The zero-order chi connectivity index (χ0) is 14.7. The summed E-state index contributed by atoms with van der Waals surface area (Å²) in [7, 11) is 0. The fourth-order valence-corrected chi connectivity index (χ4v) is 3.19. The van der Waals surface area contributed by atoms with Gasteiger partial charge in [-0.05, 0) is 6.92 Å². The third-order valence-electron chi connectivity index (χ3n) is 3.49. The van der Waals surface area contributed by atoms with E-state index in [-0.39, 0.29) is 5.91 Å². The van der Waals surface area contributed by atoms with E-state index in [2.05, 4.69) is 9.88 Å². The van der Waals surface area contributed by atoms with Crippen molar-refractivity contribution in [2.75, 3.05) is 32.7 Å². The second-order valence-corrected chi connectivity index (χ2v) is 6.01. The number of carbonyl (C=O) groups is 2. The second kappa shape index (κ2) is 6.32. The molecule has 1 aliphatic heterocycles. The summed E-state index contributed by atoms with van der Waals surface area (Å²) < 4.78 is 0. The summed E-state index contributed by atoms with van der Waals surface area (Å²) in [5, 5.41) is 9.87. The number of nitrogens with zero attached hydrogens (tertiary/aromatic N) is 3. The van der Waals surface area contributed by atoms with Gasteiger partial charge < -0.3 is 10.0 Å². The molecule has 0 atom stereocenters. The van der Waals surface area contributed by atoms with Crippen LogP contribution in [-0.4, -0.2) is 64.5 Å². The van der Waals surface area contributed by atoms with Gasteiger partial charge in [0, 0.05) is 46.1 Å². The van der Waals surface area contributed by atoms with Crippen LogP contribution < -0.4 is 0 Å². The van der Waals surface area contributed by atoms with Crippen LogP contribution in [0.15, 0.2) is 0 Å². The van der Waals surface area contributed by atoms with Crippen molar-refractivity contribution in [3.05, 3.63) is 15.6 Å². The summed E-state index contributed by atoms with van der Waals surface area (Å²) in [5.41, 5.74) is 0.596. The minimum atomic E-state index is -0.902. The van der Waals surface area contributed by atoms with E-state index in [9.17, 15) is 9.59 Å². The molecule has 0 unspecified atom stereocenters. The van der Waals surface area contributed by atoms with Crippen molar-refractivity contribution >= 4 is 23.2 Å². The van der Waals surface area contributed by atoms with Gasteiger partial charge in [0.25, 0.3) is 0 Å². The highest BCUT2D eigenvalue weighted by Gasteiger charge is 2.19. The van der Waals surface area contributed by atoms with Crippen LogP contribution in [0.2, 0.25) is 0 Å². The molecule has 0 saturated carbocycles. The van der Waals surface area contributed by atoms with E-state index in [1.54, 1.807) is 13.8 Å². The highest BCUT2D eigenvalue weighted by molar-refractivity contribution is 7.13. The average molecular weight is 297 g/mol. The first kappa shape index (κ1) is 14.9. The third-order valence-corrected chi connectivity index (χ3v) is 4.70. The molecule has 1 saturated heterocycles. The first-order valence-corrected chi connectivity index (χ1v) is 7.46. The minimum absolute atomic E-state index is 0.131. The predicted octanol–water partition coefficient (Wildman–Crippen LogP) is 0.856. The molecule has 6 nitrogen and oxygen atoms in total. The van der Waals surface area contributed by atoms with Crippen LogP contribution in [0.3, 0.4) is 0 Å². The largest absolute Gasteiger partial charge is 0.477 e. The molecule has 0 spiro atoms. The van der Waals surface area contributed by atoms with Gasteiger partial charge in [0.1, 0.15) is 4.88 Å². The van der Waals surface area contributed by atoms with Crippen molar-refractivity contribution < 1.29 is 14.7 Å². The quantitative estimate of drug-likeness (QED) is 0.892. The summed E-state index contributed by atoms with van der Waals surface area (Å²) in [4.78, 5) is 31.0. The SMILES string of the molecule is CC(=O)N1CCN(CCc2nc(C)c(C(=O)O)s2)CC1. The smallest absolute Gasteiger partial charge is 0.347 e. The molecule has 1 amide bonds. The Morgan fingerprint density at radius 3 is 2.45 bits per heavy atom. The summed E-state index contributed by atoms with van der Waals surface area (Å²) >= 11 is 1.26. The van der Waals surface area contributed by atoms with Crippen LogP contribution in [0.4, 0.5) is 0 Å². The maximum Gasteiger partial charge on any atom is 0.347 e. The maximum atomic E-state index is 11.2. The van der Waals surface area contributed by atoms with Gasteiger partial charge in [0.05, 0.1) is 10.7 Å². The lowest BCUT2D eigenvalue weighted by atomic mass is 10.3. The zero-order valence-electron chi connectivity index (χ0n) is 11.8. The number of carboxylic acid groups (broad SMARTS) is 1. The fourth-order valence-electron chi connectivity index (χ4n) is 2.30. The van der Waals surface area contributed by atoms with Gasteiger partial charge >= 0.3 is 5.97 Å². The summed E-state index contributed by atoms with van der Waals surface area (Å²) in [6, 6.07) is 0. The first-order chi connectivity index (χ1) is 9.47. The number of carboxylic acids is 1. The van der Waals surface area contributed by atoms with Crippen molar-refractivity contribution in [1.29, 1.82) is 0 Å². The number of aryl methyl sites for hydroxylation is 1. The van der Waals surface area contributed by atoms with E-state index in [0.717, 1.165) is 44.2 Å². The number of rotatable bonds is 4. The number of carbonyl (C=O) groups excluding carboxylic acids is 1. The average Bonchev–Trinajstić information content (AvgIpc) is 2.78. The number of thiazole rings is 1. The number of hydrogen-bond acceptors (Lipinski definition) is 5. The van der Waals surface area contributed by atoms with Gasteiger partial charge in [-0.15, -0.1) is 11.3 Å². The number of amides is 1. The molecule has 1 aromatic heterocycles. The Balaban J connectivity index is 1.83. The molecule has 110 valence electrons. The molecule has 0 aromatic carbocycles. The van der Waals surface area contributed by atoms with Gasteiger partial charge in [0.2, 0.25) is 5.91 Å². The van der Waals surface area contributed by atoms with Gasteiger partial charge in [-0.1, -0.05) is 0 Å². The molecule has 2 heterocycles. The number of piperazine rings is 1. The summed E-state index contributed by atoms with van der Waals surface area (Å²) in [6.07, 6.45) is 0.763. The van der Waals surface area contributed by atoms with Gasteiger partial charge in [-0.25, -0.2) is 9.78 Å². The van der Waals surface area contributed by atoms with Crippen LogP contribution in [0.5, 0.6) is 0 Å². The molecular weight excluding hydrogens is 278 g/mol. The van der Waals surface area contributed by atoms with Crippen molar-refractivity contribution in [2.45, 2.75) is 20.3 Å². The van der Waals surface area contributed by atoms with Crippen molar-refractivity contribution in [3.8, 4) is 0 Å². The highest BCUT2D eigenvalue weighted by Crippen LogP contribution is 2.18. The van der Waals surface area contributed by atoms with Crippen molar-refractivity contribution in [1.82, 2.24) is 14.8 Å². The lowest BCUT2D eigenvalue weighted by molar-refractivity contribution is -0.130. The molecule has 20 heavy (non-hydrogen) atoms. The standard InChI is InChI=1S/C13H19N3O3S/c1-9-12(13(18)19)20-11(14-9)3-4-15-5-7-16(8-6-15)10(2)17/h3-8H2,1-2H3,(H,18,19). The molecule has 1 fully saturated rings. The van der Waals surface area contributed by atoms with Crippen molar-refractivity contribution in [3.63, 3.8) is 0 Å². The minimum Gasteiger partial charge on any atom is -0.477 e. The number of hydrogen-bond donors (Lipinski definition) is 1. The first-order valence-electron chi connectivity index (χ1n) is 6.65. The van der Waals surface area contributed by atoms with E-state index < -0.39 is 5.97 Å². The fraction of sp³-hybridized carbons (Fsp3) is 0.615.